The van der Waals surface area contributed by atoms with E-state index in [1.54, 1.807) is 20.4 Å². The number of ether oxygens (including phenoxy) is 3. The first-order chi connectivity index (χ1) is 14.1. The molecule has 29 heavy (non-hydrogen) atoms. The van der Waals surface area contributed by atoms with Crippen LogP contribution in [0.25, 0.3) is 0 Å². The molecule has 0 saturated carbocycles. The number of rotatable bonds is 5. The van der Waals surface area contributed by atoms with Crippen LogP contribution in [0.15, 0.2) is 36.7 Å². The lowest BCUT2D eigenvalue weighted by Gasteiger charge is -2.45. The van der Waals surface area contributed by atoms with Crippen molar-refractivity contribution in [3.63, 3.8) is 0 Å². The number of aryl methyl sites for hydroxylation is 1. The maximum absolute atomic E-state index is 12.7. The van der Waals surface area contributed by atoms with Gasteiger partial charge in [-0.3, -0.25) is 9.78 Å². The van der Waals surface area contributed by atoms with Crippen LogP contribution in [0.1, 0.15) is 36.0 Å². The molecule has 2 aliphatic heterocycles. The van der Waals surface area contributed by atoms with Gasteiger partial charge in [0, 0.05) is 31.9 Å². The Kier molecular flexibility index (Phi) is 5.72. The van der Waals surface area contributed by atoms with Crippen LogP contribution in [0, 0.1) is 0 Å². The van der Waals surface area contributed by atoms with Crippen molar-refractivity contribution in [2.24, 2.45) is 0 Å². The lowest BCUT2D eigenvalue weighted by molar-refractivity contribution is -0.140. The first kappa shape index (κ1) is 19.7. The molecule has 6 nitrogen and oxygen atoms in total. The van der Waals surface area contributed by atoms with Gasteiger partial charge in [-0.05, 0) is 60.6 Å². The zero-order valence-electron chi connectivity index (χ0n) is 17.1. The highest BCUT2D eigenvalue weighted by molar-refractivity contribution is 5.76. The molecule has 0 N–H and O–H groups in total. The molecule has 3 heterocycles. The standard InChI is InChI=1S/C23H28N2O4/c1-27-20-14-18-7-13-29-23(19(18)15-21(20)28-2)8-11-25(12-9-23)22(26)6-5-17-4-3-10-24-16-17/h3-4,10,14-16H,5-9,11-13H2,1-2H3. The van der Waals surface area contributed by atoms with Crippen molar-refractivity contribution in [1.82, 2.24) is 9.88 Å². The number of nitrogens with zero attached hydrogens (tertiary/aromatic N) is 2. The highest BCUT2D eigenvalue weighted by Gasteiger charge is 2.42. The Morgan fingerprint density at radius 3 is 2.66 bits per heavy atom. The SMILES string of the molecule is COc1cc2c(cc1OC)C1(CCN(C(=O)CCc3cccnc3)CC1)OCC2. The summed E-state index contributed by atoms with van der Waals surface area (Å²) in [7, 11) is 3.32. The van der Waals surface area contributed by atoms with E-state index in [1.165, 1.54) is 11.1 Å². The van der Waals surface area contributed by atoms with Crippen LogP contribution in [0.5, 0.6) is 11.5 Å². The summed E-state index contributed by atoms with van der Waals surface area (Å²) < 4.78 is 17.3. The number of amides is 1. The van der Waals surface area contributed by atoms with E-state index in [4.69, 9.17) is 14.2 Å². The molecule has 6 heteroatoms. The molecule has 0 unspecified atom stereocenters. The van der Waals surface area contributed by atoms with Gasteiger partial charge in [0.05, 0.1) is 26.4 Å². The van der Waals surface area contributed by atoms with Crippen LogP contribution in [-0.4, -0.2) is 49.7 Å². The number of hydrogen-bond acceptors (Lipinski definition) is 5. The molecule has 154 valence electrons. The predicted octanol–water partition coefficient (Wildman–Crippen LogP) is 3.12. The van der Waals surface area contributed by atoms with Crippen molar-refractivity contribution in [2.75, 3.05) is 33.9 Å². The first-order valence-electron chi connectivity index (χ1n) is 10.2. The van der Waals surface area contributed by atoms with Crippen molar-refractivity contribution >= 4 is 5.91 Å². The van der Waals surface area contributed by atoms with Gasteiger partial charge >= 0.3 is 0 Å². The van der Waals surface area contributed by atoms with Crippen molar-refractivity contribution in [1.29, 1.82) is 0 Å². The minimum atomic E-state index is -0.340. The second kappa shape index (κ2) is 8.41. The highest BCUT2D eigenvalue weighted by atomic mass is 16.5. The summed E-state index contributed by atoms with van der Waals surface area (Å²) in [4.78, 5) is 18.8. The van der Waals surface area contributed by atoms with Crippen LogP contribution in [0.2, 0.25) is 0 Å². The molecule has 2 aliphatic rings. The fraction of sp³-hybridized carbons (Fsp3) is 0.478. The van der Waals surface area contributed by atoms with Gasteiger partial charge in [-0.1, -0.05) is 6.07 Å². The van der Waals surface area contributed by atoms with Crippen molar-refractivity contribution < 1.29 is 19.0 Å². The normalized spacial score (nSPS) is 17.7. The van der Waals surface area contributed by atoms with E-state index in [9.17, 15) is 4.79 Å². The van der Waals surface area contributed by atoms with Crippen LogP contribution in [-0.2, 0) is 28.0 Å². The van der Waals surface area contributed by atoms with Crippen molar-refractivity contribution in [3.8, 4) is 11.5 Å². The molecule has 0 bridgehead atoms. The van der Waals surface area contributed by atoms with Crippen LogP contribution in [0.4, 0.5) is 0 Å². The molecule has 1 saturated heterocycles. The van der Waals surface area contributed by atoms with Gasteiger partial charge in [-0.15, -0.1) is 0 Å². The fourth-order valence-corrected chi connectivity index (χ4v) is 4.47. The Morgan fingerprint density at radius 1 is 1.21 bits per heavy atom. The summed E-state index contributed by atoms with van der Waals surface area (Å²) in [5.74, 6) is 1.68. The number of carbonyl (C=O) groups excluding carboxylic acids is 1. The lowest BCUT2D eigenvalue weighted by atomic mass is 9.79. The van der Waals surface area contributed by atoms with Crippen LogP contribution in [0.3, 0.4) is 0 Å². The summed E-state index contributed by atoms with van der Waals surface area (Å²) >= 11 is 0. The number of fused-ring (bicyclic) bond motifs is 2. The van der Waals surface area contributed by atoms with Gasteiger partial charge in [-0.2, -0.15) is 0 Å². The van der Waals surface area contributed by atoms with Gasteiger partial charge in [-0.25, -0.2) is 0 Å². The second-order valence-electron chi connectivity index (χ2n) is 7.70. The maximum Gasteiger partial charge on any atom is 0.222 e. The number of likely N-dealkylation sites (tertiary alicyclic amines) is 1. The Balaban J connectivity index is 1.44. The second-order valence-corrected chi connectivity index (χ2v) is 7.70. The number of aromatic nitrogens is 1. The Morgan fingerprint density at radius 2 is 1.97 bits per heavy atom. The fourth-order valence-electron chi connectivity index (χ4n) is 4.47. The van der Waals surface area contributed by atoms with Gasteiger partial charge in [0.15, 0.2) is 11.5 Å². The van der Waals surface area contributed by atoms with E-state index < -0.39 is 0 Å². The summed E-state index contributed by atoms with van der Waals surface area (Å²) in [6.45, 7) is 2.11. The summed E-state index contributed by atoms with van der Waals surface area (Å²) in [5, 5.41) is 0. The average Bonchev–Trinajstić information content (AvgIpc) is 2.78. The molecule has 0 atom stereocenters. The number of benzene rings is 1. The smallest absolute Gasteiger partial charge is 0.222 e. The van der Waals surface area contributed by atoms with E-state index in [1.807, 2.05) is 23.2 Å². The van der Waals surface area contributed by atoms with Crippen molar-refractivity contribution in [2.45, 2.75) is 37.7 Å². The third-order valence-corrected chi connectivity index (χ3v) is 6.12. The quantitative estimate of drug-likeness (QED) is 0.777. The number of pyridine rings is 1. The average molecular weight is 396 g/mol. The monoisotopic (exact) mass is 396 g/mol. The van der Waals surface area contributed by atoms with Gasteiger partial charge in [0.25, 0.3) is 0 Å². The molecule has 0 aliphatic carbocycles. The predicted molar refractivity (Wildman–Crippen MR) is 109 cm³/mol. The summed E-state index contributed by atoms with van der Waals surface area (Å²) in [6, 6.07) is 8.06. The molecule has 4 rings (SSSR count). The first-order valence-corrected chi connectivity index (χ1v) is 10.2. The minimum Gasteiger partial charge on any atom is -0.493 e. The minimum absolute atomic E-state index is 0.201. The number of methoxy groups -OCH3 is 2. The van der Waals surface area contributed by atoms with Crippen LogP contribution < -0.4 is 9.47 Å². The topological polar surface area (TPSA) is 60.9 Å². The zero-order valence-corrected chi connectivity index (χ0v) is 17.1. The van der Waals surface area contributed by atoms with Gasteiger partial charge in [0.2, 0.25) is 5.91 Å². The third-order valence-electron chi connectivity index (χ3n) is 6.12. The summed E-state index contributed by atoms with van der Waals surface area (Å²) in [6.07, 6.45) is 7.29. The molecule has 1 aromatic heterocycles. The lowest BCUT2D eigenvalue weighted by Crippen LogP contribution is -2.48. The van der Waals surface area contributed by atoms with E-state index in [-0.39, 0.29) is 11.5 Å². The van der Waals surface area contributed by atoms with Gasteiger partial charge < -0.3 is 19.1 Å². The molecule has 1 fully saturated rings. The zero-order chi connectivity index (χ0) is 20.3. The largest absolute Gasteiger partial charge is 0.493 e. The molecule has 0 radical (unpaired) electrons. The van der Waals surface area contributed by atoms with E-state index >= 15 is 0 Å². The Bertz CT molecular complexity index is 861. The number of piperidine rings is 1. The molecule has 1 spiro atoms. The molecule has 2 aromatic rings. The van der Waals surface area contributed by atoms with Crippen LogP contribution >= 0.6 is 0 Å². The summed E-state index contributed by atoms with van der Waals surface area (Å²) in [5.41, 5.74) is 3.20. The van der Waals surface area contributed by atoms with Crippen molar-refractivity contribution in [3.05, 3.63) is 53.3 Å². The van der Waals surface area contributed by atoms with E-state index in [0.717, 1.165) is 42.7 Å². The molecular weight excluding hydrogens is 368 g/mol. The van der Waals surface area contributed by atoms with E-state index in [0.29, 0.717) is 26.1 Å². The van der Waals surface area contributed by atoms with E-state index in [2.05, 4.69) is 17.1 Å². The number of hydrogen-bond donors (Lipinski definition) is 0. The van der Waals surface area contributed by atoms with Gasteiger partial charge in [0.1, 0.15) is 0 Å². The molecule has 1 aromatic carbocycles. The molecular formula is C23H28N2O4. The Labute approximate surface area is 171 Å². The third kappa shape index (κ3) is 3.94. The Hall–Kier alpha value is -2.60. The number of carbonyl (C=O) groups is 1. The molecule has 1 amide bonds. The maximum atomic E-state index is 12.7. The highest BCUT2D eigenvalue weighted by Crippen LogP contribution is 2.45.